The number of nitrogens with one attached hydrogen (secondary N) is 1. The van der Waals surface area contributed by atoms with E-state index in [0.29, 0.717) is 15.7 Å². The molecule has 0 aromatic heterocycles. The first-order valence-corrected chi connectivity index (χ1v) is 4.99. The lowest BCUT2D eigenvalue weighted by Gasteiger charge is -2.06. The van der Waals surface area contributed by atoms with Crippen molar-refractivity contribution in [2.45, 2.75) is 6.92 Å². The Morgan fingerprint density at radius 1 is 1.40 bits per heavy atom. The van der Waals surface area contributed by atoms with Crippen LogP contribution in [0.4, 0.5) is 10.5 Å². The van der Waals surface area contributed by atoms with Crippen LogP contribution in [0.3, 0.4) is 0 Å². The fourth-order valence-corrected chi connectivity index (χ4v) is 1.47. The Labute approximate surface area is 95.7 Å². The number of carbonyl (C=O) groups excluding carboxylic acids is 2. The van der Waals surface area contributed by atoms with Crippen molar-refractivity contribution in [3.8, 4) is 0 Å². The Morgan fingerprint density at radius 3 is 2.53 bits per heavy atom. The van der Waals surface area contributed by atoms with Crippen LogP contribution in [0.5, 0.6) is 0 Å². The maximum absolute atomic E-state index is 11.1. The van der Waals surface area contributed by atoms with Gasteiger partial charge in [-0.3, -0.25) is 10.1 Å². The molecule has 1 amide bonds. The average molecular weight is 272 g/mol. The minimum Gasteiger partial charge on any atom is -0.453 e. The monoisotopic (exact) mass is 271 g/mol. The number of Topliss-reactive ketones (excluding diaryl/α,β-unsaturated/α-hetero) is 1. The van der Waals surface area contributed by atoms with E-state index in [2.05, 4.69) is 26.0 Å². The molecule has 4 nitrogen and oxygen atoms in total. The molecule has 1 aromatic rings. The van der Waals surface area contributed by atoms with Gasteiger partial charge in [0, 0.05) is 10.0 Å². The van der Waals surface area contributed by atoms with E-state index in [1.165, 1.54) is 14.0 Å². The third-order valence-electron chi connectivity index (χ3n) is 1.80. The summed E-state index contributed by atoms with van der Waals surface area (Å²) in [7, 11) is 1.28. The molecule has 0 saturated heterocycles. The van der Waals surface area contributed by atoms with Gasteiger partial charge in [-0.2, -0.15) is 0 Å². The Hall–Kier alpha value is -1.36. The lowest BCUT2D eigenvalue weighted by molar-refractivity contribution is 0.101. The van der Waals surface area contributed by atoms with E-state index in [-0.39, 0.29) is 5.78 Å². The van der Waals surface area contributed by atoms with Gasteiger partial charge in [0.25, 0.3) is 0 Å². The molecule has 0 saturated carbocycles. The summed E-state index contributed by atoms with van der Waals surface area (Å²) in [6.45, 7) is 1.48. The van der Waals surface area contributed by atoms with Crippen molar-refractivity contribution < 1.29 is 14.3 Å². The first-order chi connectivity index (χ1) is 7.04. The fourth-order valence-electron chi connectivity index (χ4n) is 0.996. The van der Waals surface area contributed by atoms with E-state index >= 15 is 0 Å². The highest BCUT2D eigenvalue weighted by Gasteiger charge is 2.07. The van der Waals surface area contributed by atoms with Crippen molar-refractivity contribution in [3.05, 3.63) is 28.2 Å². The molecule has 0 heterocycles. The van der Waals surface area contributed by atoms with Gasteiger partial charge in [-0.1, -0.05) is 0 Å². The molecule has 1 rings (SSSR count). The van der Waals surface area contributed by atoms with Gasteiger partial charge < -0.3 is 4.74 Å². The van der Waals surface area contributed by atoms with E-state index in [1.54, 1.807) is 18.2 Å². The Morgan fingerprint density at radius 2 is 2.07 bits per heavy atom. The molecule has 0 aliphatic rings. The zero-order chi connectivity index (χ0) is 11.4. The molecule has 15 heavy (non-hydrogen) atoms. The lowest BCUT2D eigenvalue weighted by Crippen LogP contribution is -2.11. The van der Waals surface area contributed by atoms with E-state index in [1.807, 2.05) is 0 Å². The van der Waals surface area contributed by atoms with Gasteiger partial charge >= 0.3 is 6.09 Å². The molecule has 1 aromatic carbocycles. The number of hydrogen-bond acceptors (Lipinski definition) is 3. The highest BCUT2D eigenvalue weighted by Crippen LogP contribution is 2.23. The van der Waals surface area contributed by atoms with Gasteiger partial charge in [0.05, 0.1) is 12.8 Å². The SMILES string of the molecule is COC(=O)Nc1ccc(C(C)=O)cc1Br. The summed E-state index contributed by atoms with van der Waals surface area (Å²) in [4.78, 5) is 22.0. The Kier molecular flexibility index (Phi) is 3.85. The molecular weight excluding hydrogens is 262 g/mol. The van der Waals surface area contributed by atoms with E-state index in [0.717, 1.165) is 0 Å². The largest absolute Gasteiger partial charge is 0.453 e. The summed E-state index contributed by atoms with van der Waals surface area (Å²) in [6, 6.07) is 4.92. The first kappa shape index (κ1) is 11.7. The van der Waals surface area contributed by atoms with Gasteiger partial charge in [0.1, 0.15) is 0 Å². The molecule has 1 N–H and O–H groups in total. The maximum Gasteiger partial charge on any atom is 0.411 e. The number of methoxy groups -OCH3 is 1. The predicted molar refractivity (Wildman–Crippen MR) is 60.2 cm³/mol. The van der Waals surface area contributed by atoms with Gasteiger partial charge in [-0.05, 0) is 41.1 Å². The molecule has 0 bridgehead atoms. The van der Waals surface area contributed by atoms with Crippen molar-refractivity contribution in [2.24, 2.45) is 0 Å². The molecule has 0 radical (unpaired) electrons. The number of anilines is 1. The van der Waals surface area contributed by atoms with Crippen LogP contribution in [0, 0.1) is 0 Å². The van der Waals surface area contributed by atoms with Gasteiger partial charge in [-0.25, -0.2) is 4.79 Å². The van der Waals surface area contributed by atoms with Crippen LogP contribution >= 0.6 is 15.9 Å². The van der Waals surface area contributed by atoms with Gasteiger partial charge in [0.15, 0.2) is 5.78 Å². The molecule has 0 aliphatic heterocycles. The average Bonchev–Trinajstić information content (AvgIpc) is 2.20. The molecule has 0 fully saturated rings. The van der Waals surface area contributed by atoms with E-state index in [9.17, 15) is 9.59 Å². The number of carbonyl (C=O) groups is 2. The standard InChI is InChI=1S/C10H10BrNO3/c1-6(13)7-3-4-9(8(11)5-7)12-10(14)15-2/h3-5H,1-2H3,(H,12,14). The van der Waals surface area contributed by atoms with Gasteiger partial charge in [-0.15, -0.1) is 0 Å². The van der Waals surface area contributed by atoms with E-state index in [4.69, 9.17) is 0 Å². The number of amides is 1. The van der Waals surface area contributed by atoms with Crippen molar-refractivity contribution in [2.75, 3.05) is 12.4 Å². The van der Waals surface area contributed by atoms with Crippen LogP contribution in [-0.4, -0.2) is 19.0 Å². The third kappa shape index (κ3) is 3.06. The smallest absolute Gasteiger partial charge is 0.411 e. The number of halogens is 1. The minimum absolute atomic E-state index is 0.0275. The second kappa shape index (κ2) is 4.93. The fraction of sp³-hybridized carbons (Fsp3) is 0.200. The topological polar surface area (TPSA) is 55.4 Å². The normalized spacial score (nSPS) is 9.53. The van der Waals surface area contributed by atoms with Crippen molar-refractivity contribution in [3.63, 3.8) is 0 Å². The minimum atomic E-state index is -0.550. The van der Waals surface area contributed by atoms with Crippen molar-refractivity contribution >= 4 is 33.5 Å². The molecule has 80 valence electrons. The van der Waals surface area contributed by atoms with Crippen molar-refractivity contribution in [1.82, 2.24) is 0 Å². The second-order valence-corrected chi connectivity index (χ2v) is 3.72. The number of ether oxygens (including phenoxy) is 1. The van der Waals surface area contributed by atoms with Crippen LogP contribution in [-0.2, 0) is 4.74 Å². The summed E-state index contributed by atoms with van der Waals surface area (Å²) in [6.07, 6.45) is -0.550. The molecule has 0 atom stereocenters. The van der Waals surface area contributed by atoms with E-state index < -0.39 is 6.09 Å². The molecule has 0 spiro atoms. The van der Waals surface area contributed by atoms with Crippen LogP contribution in [0.15, 0.2) is 22.7 Å². The van der Waals surface area contributed by atoms with Crippen molar-refractivity contribution in [1.29, 1.82) is 0 Å². The third-order valence-corrected chi connectivity index (χ3v) is 2.45. The highest BCUT2D eigenvalue weighted by atomic mass is 79.9. The zero-order valence-corrected chi connectivity index (χ0v) is 9.92. The Bertz CT molecular complexity index is 404. The highest BCUT2D eigenvalue weighted by molar-refractivity contribution is 9.10. The first-order valence-electron chi connectivity index (χ1n) is 4.20. The number of ketones is 1. The van der Waals surface area contributed by atoms with Crippen LogP contribution < -0.4 is 5.32 Å². The summed E-state index contributed by atoms with van der Waals surface area (Å²) in [5, 5.41) is 2.51. The quantitative estimate of drug-likeness (QED) is 0.842. The van der Waals surface area contributed by atoms with Gasteiger partial charge in [0.2, 0.25) is 0 Å². The zero-order valence-electron chi connectivity index (χ0n) is 8.33. The number of rotatable bonds is 2. The summed E-state index contributed by atoms with van der Waals surface area (Å²) in [5.74, 6) is -0.0275. The predicted octanol–water partition coefficient (Wildman–Crippen LogP) is 2.83. The summed E-state index contributed by atoms with van der Waals surface area (Å²) >= 11 is 3.25. The molecule has 0 unspecified atom stereocenters. The second-order valence-electron chi connectivity index (χ2n) is 2.87. The summed E-state index contributed by atoms with van der Waals surface area (Å²) in [5.41, 5.74) is 1.14. The lowest BCUT2D eigenvalue weighted by atomic mass is 10.1. The number of benzene rings is 1. The Balaban J connectivity index is 2.93. The van der Waals surface area contributed by atoms with Crippen LogP contribution in [0.1, 0.15) is 17.3 Å². The maximum atomic E-state index is 11.1. The van der Waals surface area contributed by atoms with Crippen LogP contribution in [0.2, 0.25) is 0 Å². The van der Waals surface area contributed by atoms with Crippen LogP contribution in [0.25, 0.3) is 0 Å². The molecule has 5 heteroatoms. The summed E-state index contributed by atoms with van der Waals surface area (Å²) < 4.78 is 5.09. The number of hydrogen-bond donors (Lipinski definition) is 1. The molecular formula is C10H10BrNO3. The molecule has 0 aliphatic carbocycles.